The number of rotatable bonds is 7. The Hall–Kier alpha value is -1.12. The molecule has 5 heteroatoms. The van der Waals surface area contributed by atoms with Crippen molar-refractivity contribution in [3.05, 3.63) is 35.9 Å². The van der Waals surface area contributed by atoms with Crippen molar-refractivity contribution in [3.8, 4) is 0 Å². The average molecular weight is 268 g/mol. The van der Waals surface area contributed by atoms with Gasteiger partial charge in [0.15, 0.2) is 0 Å². The molecule has 2 N–H and O–H groups in total. The van der Waals surface area contributed by atoms with Gasteiger partial charge in [0.2, 0.25) is 0 Å². The van der Waals surface area contributed by atoms with E-state index in [0.29, 0.717) is 24.8 Å². The lowest BCUT2D eigenvalue weighted by molar-refractivity contribution is 0.0953. The molecule has 18 heavy (non-hydrogen) atoms. The summed E-state index contributed by atoms with van der Waals surface area (Å²) in [7, 11) is -2.23. The van der Waals surface area contributed by atoms with Crippen LogP contribution in [0, 0.1) is 0 Å². The summed E-state index contributed by atoms with van der Waals surface area (Å²) in [5.74, 6) is -0.0787. The molecule has 0 fully saturated rings. The first-order chi connectivity index (χ1) is 8.55. The minimum atomic E-state index is -2.23. The highest BCUT2D eigenvalue weighted by Crippen LogP contribution is 2.35. The number of amides is 1. The van der Waals surface area contributed by atoms with Gasteiger partial charge in [0, 0.05) is 24.9 Å². The summed E-state index contributed by atoms with van der Waals surface area (Å²) in [5, 5.41) is 5.81. The maximum Gasteiger partial charge on any atom is 0.251 e. The van der Waals surface area contributed by atoms with Gasteiger partial charge in [-0.15, -0.1) is 0 Å². The van der Waals surface area contributed by atoms with Gasteiger partial charge < -0.3 is 9.88 Å². The summed E-state index contributed by atoms with van der Waals surface area (Å²) >= 11 is 0. The summed E-state index contributed by atoms with van der Waals surface area (Å²) in [6.07, 6.45) is 1.33. The van der Waals surface area contributed by atoms with Crippen LogP contribution in [0.25, 0.3) is 0 Å². The van der Waals surface area contributed by atoms with Gasteiger partial charge in [0.05, 0.1) is 0 Å². The lowest BCUT2D eigenvalue weighted by Gasteiger charge is -2.13. The highest BCUT2D eigenvalue weighted by Gasteiger charge is 2.12. The number of hydrogen-bond donors (Lipinski definition) is 2. The second kappa shape index (κ2) is 7.34. The second-order valence-electron chi connectivity index (χ2n) is 4.31. The Morgan fingerprint density at radius 1 is 1.28 bits per heavy atom. The van der Waals surface area contributed by atoms with Crippen molar-refractivity contribution < 1.29 is 9.36 Å². The fourth-order valence-corrected chi connectivity index (χ4v) is 3.28. The third kappa shape index (κ3) is 5.48. The quantitative estimate of drug-likeness (QED) is 0.589. The molecule has 1 rings (SSSR count). The molecule has 1 aromatic rings. The molecule has 0 spiro atoms. The zero-order valence-electron chi connectivity index (χ0n) is 11.0. The van der Waals surface area contributed by atoms with Crippen molar-refractivity contribution in [2.75, 3.05) is 25.9 Å². The molecule has 0 aliphatic heterocycles. The third-order valence-corrected chi connectivity index (χ3v) is 4.73. The molecule has 1 unspecified atom stereocenters. The summed E-state index contributed by atoms with van der Waals surface area (Å²) in [4.78, 5) is 11.7. The first-order valence-corrected chi connectivity index (χ1v) is 8.54. The first-order valence-electron chi connectivity index (χ1n) is 6.20. The largest absolute Gasteiger partial charge is 0.352 e. The number of carbonyl (C=O) groups excluding carboxylic acids is 1. The highest BCUT2D eigenvalue weighted by atomic mass is 31.2. The van der Waals surface area contributed by atoms with E-state index < -0.39 is 7.29 Å². The normalized spacial score (nSPS) is 13.9. The van der Waals surface area contributed by atoms with Crippen LogP contribution in [0.3, 0.4) is 0 Å². The van der Waals surface area contributed by atoms with E-state index in [-0.39, 0.29) is 5.91 Å². The van der Waals surface area contributed by atoms with Crippen LogP contribution in [0.4, 0.5) is 0 Å². The Labute approximate surface area is 109 Å². The molecule has 0 aliphatic carbocycles. The summed E-state index contributed by atoms with van der Waals surface area (Å²) in [6, 6.07) is 9.10. The molecule has 0 saturated heterocycles. The van der Waals surface area contributed by atoms with E-state index in [9.17, 15) is 9.36 Å². The zero-order chi connectivity index (χ0) is 13.4. The lowest BCUT2D eigenvalue weighted by atomic mass is 10.2. The first kappa shape index (κ1) is 14.9. The van der Waals surface area contributed by atoms with Crippen molar-refractivity contribution in [2.45, 2.75) is 13.3 Å². The lowest BCUT2D eigenvalue weighted by Crippen LogP contribution is -2.25. The molecule has 0 saturated carbocycles. The molecule has 100 valence electrons. The summed E-state index contributed by atoms with van der Waals surface area (Å²) in [6.45, 7) is 4.95. The molecule has 0 aliphatic rings. The van der Waals surface area contributed by atoms with Crippen molar-refractivity contribution >= 4 is 13.2 Å². The van der Waals surface area contributed by atoms with Crippen LogP contribution < -0.4 is 10.4 Å². The Morgan fingerprint density at radius 3 is 2.56 bits per heavy atom. The topological polar surface area (TPSA) is 58.2 Å². The number of hydrogen-bond acceptors (Lipinski definition) is 2. The van der Waals surface area contributed by atoms with Crippen LogP contribution in [0.15, 0.2) is 30.3 Å². The van der Waals surface area contributed by atoms with E-state index in [4.69, 9.17) is 0 Å². The Bertz CT molecular complexity index is 420. The number of nitrogens with one attached hydrogen (secondary N) is 2. The Morgan fingerprint density at radius 2 is 1.94 bits per heavy atom. The summed E-state index contributed by atoms with van der Waals surface area (Å²) in [5.41, 5.74) is 0.656. The Balaban J connectivity index is 2.27. The van der Waals surface area contributed by atoms with Gasteiger partial charge in [-0.2, -0.15) is 0 Å². The molecule has 0 heterocycles. The van der Waals surface area contributed by atoms with Gasteiger partial charge in [-0.1, -0.05) is 25.1 Å². The standard InChI is InChI=1S/C13H21N2O2P/c1-3-15-18(2,17)11-7-10-14-13(16)12-8-5-4-6-9-12/h4-6,8-9H,3,7,10-11H2,1-2H3,(H,14,16)(H,15,17). The fraction of sp³-hybridized carbons (Fsp3) is 0.462. The molecule has 1 amide bonds. The van der Waals surface area contributed by atoms with Crippen LogP contribution >= 0.6 is 7.29 Å². The zero-order valence-corrected chi connectivity index (χ0v) is 11.9. The van der Waals surface area contributed by atoms with Crippen molar-refractivity contribution in [2.24, 2.45) is 0 Å². The van der Waals surface area contributed by atoms with E-state index >= 15 is 0 Å². The molecule has 0 bridgehead atoms. The SMILES string of the molecule is CCNP(C)(=O)CCCNC(=O)c1ccccc1. The second-order valence-corrected chi connectivity index (χ2v) is 7.28. The smallest absolute Gasteiger partial charge is 0.251 e. The van der Waals surface area contributed by atoms with Crippen molar-refractivity contribution in [1.82, 2.24) is 10.4 Å². The third-order valence-electron chi connectivity index (χ3n) is 2.58. The molecule has 1 aromatic carbocycles. The van der Waals surface area contributed by atoms with E-state index in [1.54, 1.807) is 18.8 Å². The van der Waals surface area contributed by atoms with Gasteiger partial charge in [0.25, 0.3) is 5.91 Å². The van der Waals surface area contributed by atoms with Crippen LogP contribution in [0.2, 0.25) is 0 Å². The van der Waals surface area contributed by atoms with Crippen LogP contribution in [-0.4, -0.2) is 31.8 Å². The summed E-state index contributed by atoms with van der Waals surface area (Å²) < 4.78 is 11.9. The van der Waals surface area contributed by atoms with E-state index in [0.717, 1.165) is 6.42 Å². The van der Waals surface area contributed by atoms with Gasteiger partial charge in [-0.25, -0.2) is 0 Å². The average Bonchev–Trinajstić information content (AvgIpc) is 2.35. The number of carbonyl (C=O) groups is 1. The molecule has 0 aromatic heterocycles. The van der Waals surface area contributed by atoms with Crippen molar-refractivity contribution in [3.63, 3.8) is 0 Å². The van der Waals surface area contributed by atoms with Crippen LogP contribution in [0.1, 0.15) is 23.7 Å². The molecular weight excluding hydrogens is 247 g/mol. The molecule has 4 nitrogen and oxygen atoms in total. The highest BCUT2D eigenvalue weighted by molar-refractivity contribution is 7.61. The molecule has 1 atom stereocenters. The monoisotopic (exact) mass is 268 g/mol. The maximum atomic E-state index is 11.9. The van der Waals surface area contributed by atoms with Crippen LogP contribution in [-0.2, 0) is 4.57 Å². The minimum Gasteiger partial charge on any atom is -0.352 e. The molecule has 0 radical (unpaired) electrons. The van der Waals surface area contributed by atoms with Crippen LogP contribution in [0.5, 0.6) is 0 Å². The minimum absolute atomic E-state index is 0.0787. The van der Waals surface area contributed by atoms with E-state index in [1.807, 2.05) is 25.1 Å². The maximum absolute atomic E-state index is 11.9. The van der Waals surface area contributed by atoms with E-state index in [2.05, 4.69) is 10.4 Å². The predicted molar refractivity (Wildman–Crippen MR) is 75.5 cm³/mol. The predicted octanol–water partition coefficient (Wildman–Crippen LogP) is 2.32. The van der Waals surface area contributed by atoms with Gasteiger partial charge >= 0.3 is 0 Å². The van der Waals surface area contributed by atoms with Gasteiger partial charge in [-0.05, 0) is 25.1 Å². The van der Waals surface area contributed by atoms with Gasteiger partial charge in [-0.3, -0.25) is 9.88 Å². The molecular formula is C13H21N2O2P. The Kier molecular flexibility index (Phi) is 6.10. The van der Waals surface area contributed by atoms with Gasteiger partial charge in [0.1, 0.15) is 7.29 Å². The number of benzene rings is 1. The fourth-order valence-electron chi connectivity index (χ4n) is 1.69. The van der Waals surface area contributed by atoms with E-state index in [1.165, 1.54) is 0 Å². The van der Waals surface area contributed by atoms with Crippen molar-refractivity contribution in [1.29, 1.82) is 0 Å².